The zero-order valence-electron chi connectivity index (χ0n) is 11.9. The summed E-state index contributed by atoms with van der Waals surface area (Å²) in [4.78, 5) is 8.13. The van der Waals surface area contributed by atoms with Gasteiger partial charge >= 0.3 is 0 Å². The third-order valence-electron chi connectivity index (χ3n) is 3.67. The second-order valence-electron chi connectivity index (χ2n) is 5.04. The Labute approximate surface area is 131 Å². The van der Waals surface area contributed by atoms with Crippen molar-refractivity contribution < 1.29 is 24.2 Å². The van der Waals surface area contributed by atoms with Crippen LogP contribution in [0, 0.1) is 0 Å². The molecule has 1 saturated heterocycles. The van der Waals surface area contributed by atoms with Crippen molar-refractivity contribution in [2.24, 2.45) is 4.99 Å². The van der Waals surface area contributed by atoms with Crippen molar-refractivity contribution in [2.75, 3.05) is 24.7 Å². The van der Waals surface area contributed by atoms with Gasteiger partial charge in [0.25, 0.3) is 0 Å². The normalized spacial score (nSPS) is 34.3. The van der Waals surface area contributed by atoms with Crippen molar-refractivity contribution in [3.63, 3.8) is 0 Å². The lowest BCUT2D eigenvalue weighted by Crippen LogP contribution is -2.33. The standard InChI is InChI=1S/C12H18N4O5S/c1-22-20-3-7-9(18)10(19)12(21-7)16-5-15-8-6(17)2-13-4-14-11(8)16/h4-7,9-10,12,17-19H,2-3H2,1H3,(H,13,14)/t6-,7-,9-,10-,12-/m1/s1. The number of nitrogens with one attached hydrogen (secondary N) is 1. The van der Waals surface area contributed by atoms with Crippen LogP contribution < -0.4 is 5.32 Å². The van der Waals surface area contributed by atoms with Crippen LogP contribution in [0.5, 0.6) is 0 Å². The minimum atomic E-state index is -1.13. The summed E-state index contributed by atoms with van der Waals surface area (Å²) in [6.45, 7) is 0.363. The number of aromatic nitrogens is 2. The molecule has 22 heavy (non-hydrogen) atoms. The van der Waals surface area contributed by atoms with Crippen molar-refractivity contribution in [2.45, 2.75) is 30.6 Å². The van der Waals surface area contributed by atoms with Crippen LogP contribution in [0.15, 0.2) is 11.3 Å². The highest BCUT2D eigenvalue weighted by Gasteiger charge is 2.45. The van der Waals surface area contributed by atoms with Gasteiger partial charge in [-0.2, -0.15) is 0 Å². The molecule has 0 radical (unpaired) electrons. The fourth-order valence-electron chi connectivity index (χ4n) is 2.54. The summed E-state index contributed by atoms with van der Waals surface area (Å²) in [7, 11) is 0. The van der Waals surface area contributed by atoms with E-state index in [2.05, 4.69) is 15.3 Å². The lowest BCUT2D eigenvalue weighted by atomic mass is 10.1. The monoisotopic (exact) mass is 330 g/mol. The molecule has 3 rings (SSSR count). The average Bonchev–Trinajstić information content (AvgIpc) is 2.98. The number of imidazole rings is 1. The first kappa shape index (κ1) is 15.7. The fourth-order valence-corrected chi connectivity index (χ4v) is 2.81. The molecule has 3 heterocycles. The summed E-state index contributed by atoms with van der Waals surface area (Å²) < 4.78 is 12.4. The van der Waals surface area contributed by atoms with Gasteiger partial charge in [0, 0.05) is 6.26 Å². The van der Waals surface area contributed by atoms with Gasteiger partial charge in [-0.05, 0) is 12.0 Å². The molecule has 0 bridgehead atoms. The van der Waals surface area contributed by atoms with Gasteiger partial charge < -0.3 is 29.6 Å². The Bertz CT molecular complexity index is 554. The Morgan fingerprint density at radius 1 is 1.45 bits per heavy atom. The highest BCUT2D eigenvalue weighted by molar-refractivity contribution is 7.93. The smallest absolute Gasteiger partial charge is 0.165 e. The average molecular weight is 330 g/mol. The highest BCUT2D eigenvalue weighted by atomic mass is 32.2. The number of anilines is 1. The van der Waals surface area contributed by atoms with E-state index in [9.17, 15) is 15.3 Å². The zero-order valence-corrected chi connectivity index (χ0v) is 12.7. The molecule has 1 aromatic rings. The molecule has 1 fully saturated rings. The molecule has 2 aliphatic rings. The fraction of sp³-hybridized carbons (Fsp3) is 0.667. The zero-order chi connectivity index (χ0) is 15.7. The van der Waals surface area contributed by atoms with Crippen molar-refractivity contribution in [3.8, 4) is 0 Å². The van der Waals surface area contributed by atoms with Gasteiger partial charge in [-0.15, -0.1) is 0 Å². The van der Waals surface area contributed by atoms with Crippen molar-refractivity contribution in [1.82, 2.24) is 9.55 Å². The number of fused-ring (bicyclic) bond motifs is 1. The van der Waals surface area contributed by atoms with Crippen LogP contribution in [0.1, 0.15) is 18.0 Å². The molecule has 4 N–H and O–H groups in total. The van der Waals surface area contributed by atoms with Gasteiger partial charge in [0.15, 0.2) is 6.23 Å². The van der Waals surface area contributed by atoms with Gasteiger partial charge in [-0.25, -0.2) is 4.98 Å². The maximum absolute atomic E-state index is 10.2. The molecule has 10 heteroatoms. The second kappa shape index (κ2) is 6.52. The van der Waals surface area contributed by atoms with Crippen LogP contribution in [0.2, 0.25) is 0 Å². The topological polar surface area (TPSA) is 121 Å². The predicted octanol–water partition coefficient (Wildman–Crippen LogP) is -0.716. The van der Waals surface area contributed by atoms with Gasteiger partial charge in [-0.1, -0.05) is 0 Å². The molecule has 9 nitrogen and oxygen atoms in total. The summed E-state index contributed by atoms with van der Waals surface area (Å²) in [6.07, 6.45) is 0.171. The third kappa shape index (κ3) is 2.73. The number of hydrogen-bond acceptors (Lipinski definition) is 9. The molecule has 0 spiro atoms. The Kier molecular flexibility index (Phi) is 4.66. The Morgan fingerprint density at radius 2 is 2.27 bits per heavy atom. The molecule has 0 unspecified atom stereocenters. The first-order valence-electron chi connectivity index (χ1n) is 6.80. The first-order chi connectivity index (χ1) is 10.6. The number of aliphatic hydroxyl groups excluding tert-OH is 3. The molecule has 0 aromatic carbocycles. The Balaban J connectivity index is 1.84. The minimum Gasteiger partial charge on any atom is -0.387 e. The molecule has 0 saturated carbocycles. The highest BCUT2D eigenvalue weighted by Crippen LogP contribution is 2.35. The summed E-state index contributed by atoms with van der Waals surface area (Å²) >= 11 is 1.16. The van der Waals surface area contributed by atoms with E-state index >= 15 is 0 Å². The van der Waals surface area contributed by atoms with E-state index in [-0.39, 0.29) is 13.2 Å². The minimum absolute atomic E-state index is 0.157. The number of hydrogen-bond donors (Lipinski definition) is 4. The quantitative estimate of drug-likeness (QED) is 0.534. The van der Waals surface area contributed by atoms with Crippen LogP contribution in [0.25, 0.3) is 0 Å². The van der Waals surface area contributed by atoms with Crippen molar-refractivity contribution in [1.29, 1.82) is 0 Å². The lowest BCUT2D eigenvalue weighted by Gasteiger charge is -2.19. The van der Waals surface area contributed by atoms with E-state index in [0.717, 1.165) is 12.0 Å². The summed E-state index contributed by atoms with van der Waals surface area (Å²) in [5.41, 5.74) is 0.423. The lowest BCUT2D eigenvalue weighted by molar-refractivity contribution is -0.0461. The molecule has 5 atom stereocenters. The van der Waals surface area contributed by atoms with Gasteiger partial charge in [0.1, 0.15) is 35.9 Å². The number of rotatable bonds is 4. The maximum atomic E-state index is 10.2. The van der Waals surface area contributed by atoms with Crippen LogP contribution in [-0.2, 0) is 8.92 Å². The number of aliphatic hydroxyl groups is 3. The van der Waals surface area contributed by atoms with Gasteiger partial charge in [0.2, 0.25) is 0 Å². The predicted molar refractivity (Wildman–Crippen MR) is 79.6 cm³/mol. The molecule has 122 valence electrons. The van der Waals surface area contributed by atoms with E-state index in [1.54, 1.807) is 10.8 Å². The van der Waals surface area contributed by atoms with Crippen LogP contribution in [0.3, 0.4) is 0 Å². The Morgan fingerprint density at radius 3 is 3.05 bits per heavy atom. The molecule has 0 aliphatic carbocycles. The van der Waals surface area contributed by atoms with E-state index in [4.69, 9.17) is 8.92 Å². The SMILES string of the molecule is CSOC[C@H]1O[C@@H](n2cnc3c2NC=NC[C@H]3O)[C@H](O)[C@@H]1O. The maximum Gasteiger partial charge on any atom is 0.165 e. The molecular formula is C12H18N4O5S. The summed E-state index contributed by atoms with van der Waals surface area (Å²) in [6, 6.07) is 0. The van der Waals surface area contributed by atoms with E-state index in [0.29, 0.717) is 11.5 Å². The second-order valence-corrected chi connectivity index (χ2v) is 5.61. The van der Waals surface area contributed by atoms with E-state index in [1.165, 1.54) is 12.7 Å². The van der Waals surface area contributed by atoms with E-state index in [1.807, 2.05) is 0 Å². The first-order valence-corrected chi connectivity index (χ1v) is 7.95. The third-order valence-corrected chi connectivity index (χ3v) is 4.04. The van der Waals surface area contributed by atoms with E-state index < -0.39 is 30.6 Å². The number of nitrogens with zero attached hydrogens (tertiary/aromatic N) is 3. The van der Waals surface area contributed by atoms with Crippen LogP contribution >= 0.6 is 12.0 Å². The molecule has 0 amide bonds. The van der Waals surface area contributed by atoms with Gasteiger partial charge in [0.05, 0.1) is 25.8 Å². The summed E-state index contributed by atoms with van der Waals surface area (Å²) in [5.74, 6) is 0.483. The summed E-state index contributed by atoms with van der Waals surface area (Å²) in [5, 5.41) is 33.2. The van der Waals surface area contributed by atoms with Gasteiger partial charge in [-0.3, -0.25) is 9.56 Å². The van der Waals surface area contributed by atoms with Crippen molar-refractivity contribution >= 4 is 24.2 Å². The molecule has 2 aliphatic heterocycles. The van der Waals surface area contributed by atoms with Crippen molar-refractivity contribution in [3.05, 3.63) is 12.0 Å². The molecule has 1 aromatic heterocycles. The van der Waals surface area contributed by atoms with Crippen LogP contribution in [0.4, 0.5) is 5.82 Å². The number of ether oxygens (including phenoxy) is 1. The van der Waals surface area contributed by atoms with Crippen LogP contribution in [-0.4, -0.2) is 68.9 Å². The number of aliphatic imine (C=N–C) groups is 1. The molecular weight excluding hydrogens is 312 g/mol. The largest absolute Gasteiger partial charge is 0.387 e. The Hall–Kier alpha value is -1.17.